The summed E-state index contributed by atoms with van der Waals surface area (Å²) in [6.07, 6.45) is 0.00187. The van der Waals surface area contributed by atoms with Crippen LogP contribution in [0, 0.1) is 0 Å². The van der Waals surface area contributed by atoms with Crippen LogP contribution in [0.25, 0.3) is 22.1 Å². The number of thioether (sulfide) groups is 1. The van der Waals surface area contributed by atoms with Gasteiger partial charge in [-0.2, -0.15) is 0 Å². The first kappa shape index (κ1) is 18.1. The van der Waals surface area contributed by atoms with Crippen molar-refractivity contribution in [3.8, 4) is 0 Å². The van der Waals surface area contributed by atoms with E-state index in [9.17, 15) is 15.3 Å². The summed E-state index contributed by atoms with van der Waals surface area (Å²) in [6, 6.07) is 0. The van der Waals surface area contributed by atoms with E-state index in [1.807, 2.05) is 0 Å². The number of hydrogen-bond donors (Lipinski definition) is 4. The number of aliphatic hydroxyl groups excluding tert-OH is 3. The zero-order valence-electron chi connectivity index (χ0n) is 14.1. The number of hydrogen-bond acceptors (Lipinski definition) is 10. The van der Waals surface area contributed by atoms with Crippen LogP contribution in [0.5, 0.6) is 0 Å². The Bertz CT molecular complexity index is 1010. The molecule has 0 radical (unpaired) electrons. The lowest BCUT2D eigenvalue weighted by Gasteiger charge is -2.18. The minimum atomic E-state index is -1.28. The molecule has 1 aliphatic heterocycles. The Labute approximate surface area is 157 Å². The molecule has 1 fully saturated rings. The minimum Gasteiger partial charge on any atom is -0.394 e. The highest BCUT2D eigenvalue weighted by Gasteiger charge is 2.45. The molecule has 11 heteroatoms. The van der Waals surface area contributed by atoms with E-state index in [-0.39, 0.29) is 5.82 Å². The third-order valence-electron chi connectivity index (χ3n) is 4.46. The van der Waals surface area contributed by atoms with E-state index in [1.54, 1.807) is 10.6 Å². The van der Waals surface area contributed by atoms with Crippen LogP contribution in [0.15, 0.2) is 30.3 Å². The van der Waals surface area contributed by atoms with Crippen molar-refractivity contribution in [1.29, 1.82) is 0 Å². The molecule has 1 saturated heterocycles. The normalized spacial score (nSPS) is 25.4. The first-order valence-corrected chi connectivity index (χ1v) is 9.18. The van der Waals surface area contributed by atoms with Crippen LogP contribution < -0.4 is 5.73 Å². The Balaban J connectivity index is 2.00. The van der Waals surface area contributed by atoms with E-state index in [0.717, 1.165) is 0 Å². The van der Waals surface area contributed by atoms with Gasteiger partial charge in [0, 0.05) is 5.75 Å². The Morgan fingerprint density at radius 3 is 2.52 bits per heavy atom. The second kappa shape index (κ2) is 7.02. The fourth-order valence-corrected chi connectivity index (χ4v) is 3.99. The molecule has 0 aromatic carbocycles. The number of anilines is 1. The SMILES string of the molecule is C=CCSc1ncnc2c1c1c(N)ncnc1n2[C@@H]1O[C@H](CO)[C@@H](O)[C@H]1O. The predicted molar refractivity (Wildman–Crippen MR) is 99.0 cm³/mol. The number of nitrogens with two attached hydrogens (primary N) is 1. The molecule has 0 saturated carbocycles. The zero-order valence-corrected chi connectivity index (χ0v) is 15.0. The summed E-state index contributed by atoms with van der Waals surface area (Å²) in [7, 11) is 0. The van der Waals surface area contributed by atoms with Gasteiger partial charge in [-0.1, -0.05) is 6.08 Å². The van der Waals surface area contributed by atoms with E-state index in [2.05, 4.69) is 26.5 Å². The topological polar surface area (TPSA) is 152 Å². The number of fused-ring (bicyclic) bond motifs is 3. The first-order valence-electron chi connectivity index (χ1n) is 8.19. The molecule has 27 heavy (non-hydrogen) atoms. The molecule has 1 aliphatic rings. The van der Waals surface area contributed by atoms with Crippen molar-refractivity contribution in [2.24, 2.45) is 0 Å². The van der Waals surface area contributed by atoms with Crippen molar-refractivity contribution >= 4 is 39.6 Å². The van der Waals surface area contributed by atoms with E-state index in [1.165, 1.54) is 24.4 Å². The van der Waals surface area contributed by atoms with E-state index in [4.69, 9.17) is 10.5 Å². The van der Waals surface area contributed by atoms with Gasteiger partial charge in [0.1, 0.15) is 53.1 Å². The van der Waals surface area contributed by atoms with Crippen LogP contribution in [-0.4, -0.2) is 70.5 Å². The fraction of sp³-hybridized carbons (Fsp3) is 0.375. The molecular formula is C16H18N6O4S. The van der Waals surface area contributed by atoms with Crippen LogP contribution in [0.1, 0.15) is 6.23 Å². The van der Waals surface area contributed by atoms with Gasteiger partial charge < -0.3 is 25.8 Å². The largest absolute Gasteiger partial charge is 0.394 e. The van der Waals surface area contributed by atoms with Gasteiger partial charge in [-0.05, 0) is 0 Å². The molecule has 3 aromatic rings. The summed E-state index contributed by atoms with van der Waals surface area (Å²) in [5.74, 6) is 0.867. The van der Waals surface area contributed by atoms with Gasteiger partial charge in [0.05, 0.1) is 17.4 Å². The zero-order chi connectivity index (χ0) is 19.1. The third kappa shape index (κ3) is 2.75. The van der Waals surface area contributed by atoms with Gasteiger partial charge >= 0.3 is 0 Å². The van der Waals surface area contributed by atoms with Gasteiger partial charge in [0.2, 0.25) is 0 Å². The van der Waals surface area contributed by atoms with Crippen molar-refractivity contribution in [2.75, 3.05) is 18.1 Å². The average molecular weight is 390 g/mol. The fourth-order valence-electron chi connectivity index (χ4n) is 3.26. The second-order valence-electron chi connectivity index (χ2n) is 6.03. The Hall–Kier alpha value is -2.31. The predicted octanol–water partition coefficient (Wildman–Crippen LogP) is -0.154. The maximum Gasteiger partial charge on any atom is 0.166 e. The van der Waals surface area contributed by atoms with E-state index in [0.29, 0.717) is 32.8 Å². The van der Waals surface area contributed by atoms with Crippen LogP contribution in [0.2, 0.25) is 0 Å². The third-order valence-corrected chi connectivity index (χ3v) is 5.45. The van der Waals surface area contributed by atoms with Crippen molar-refractivity contribution in [2.45, 2.75) is 29.6 Å². The molecule has 0 amide bonds. The Kier molecular flexibility index (Phi) is 4.70. The summed E-state index contributed by atoms with van der Waals surface area (Å²) in [6.45, 7) is 3.28. The molecule has 0 aliphatic carbocycles. The molecule has 142 valence electrons. The average Bonchev–Trinajstić information content (AvgIpc) is 3.16. The number of aromatic nitrogens is 5. The quantitative estimate of drug-likeness (QED) is 0.263. The van der Waals surface area contributed by atoms with Crippen LogP contribution in [0.3, 0.4) is 0 Å². The maximum absolute atomic E-state index is 10.5. The number of nitrogen functional groups attached to an aromatic ring is 1. The van der Waals surface area contributed by atoms with Gasteiger partial charge in [0.15, 0.2) is 6.23 Å². The van der Waals surface area contributed by atoms with Gasteiger partial charge in [-0.25, -0.2) is 19.9 Å². The van der Waals surface area contributed by atoms with Crippen molar-refractivity contribution in [1.82, 2.24) is 24.5 Å². The summed E-state index contributed by atoms with van der Waals surface area (Å²) >= 11 is 1.45. The summed E-state index contributed by atoms with van der Waals surface area (Å²) in [5, 5.41) is 31.9. The lowest BCUT2D eigenvalue weighted by molar-refractivity contribution is -0.0492. The Morgan fingerprint density at radius 1 is 1.15 bits per heavy atom. The van der Waals surface area contributed by atoms with Crippen molar-refractivity contribution in [3.63, 3.8) is 0 Å². The highest BCUT2D eigenvalue weighted by Crippen LogP contribution is 2.40. The Morgan fingerprint density at radius 2 is 1.85 bits per heavy atom. The van der Waals surface area contributed by atoms with E-state index >= 15 is 0 Å². The lowest BCUT2D eigenvalue weighted by atomic mass is 10.1. The van der Waals surface area contributed by atoms with Crippen molar-refractivity contribution < 1.29 is 20.1 Å². The molecule has 10 nitrogen and oxygen atoms in total. The summed E-state index contributed by atoms with van der Waals surface area (Å²) in [5.41, 5.74) is 6.94. The minimum absolute atomic E-state index is 0.241. The number of aliphatic hydroxyl groups is 3. The molecule has 0 spiro atoms. The molecule has 0 unspecified atom stereocenters. The molecule has 3 aromatic heterocycles. The second-order valence-corrected chi connectivity index (χ2v) is 7.04. The molecule has 4 atom stereocenters. The van der Waals surface area contributed by atoms with Crippen molar-refractivity contribution in [3.05, 3.63) is 25.3 Å². The first-order chi connectivity index (χ1) is 13.1. The monoisotopic (exact) mass is 390 g/mol. The number of ether oxygens (including phenoxy) is 1. The van der Waals surface area contributed by atoms with Crippen LogP contribution in [0.4, 0.5) is 5.82 Å². The van der Waals surface area contributed by atoms with Crippen LogP contribution >= 0.6 is 11.8 Å². The van der Waals surface area contributed by atoms with Gasteiger partial charge in [-0.15, -0.1) is 18.3 Å². The van der Waals surface area contributed by atoms with E-state index < -0.39 is 31.1 Å². The highest BCUT2D eigenvalue weighted by atomic mass is 32.2. The smallest absolute Gasteiger partial charge is 0.166 e. The highest BCUT2D eigenvalue weighted by molar-refractivity contribution is 7.99. The van der Waals surface area contributed by atoms with Gasteiger partial charge in [-0.3, -0.25) is 4.57 Å². The van der Waals surface area contributed by atoms with Gasteiger partial charge in [0.25, 0.3) is 0 Å². The molecule has 0 bridgehead atoms. The molecule has 5 N–H and O–H groups in total. The molecule has 4 heterocycles. The summed E-state index contributed by atoms with van der Waals surface area (Å²) in [4.78, 5) is 17.0. The molecule has 4 rings (SSSR count). The summed E-state index contributed by atoms with van der Waals surface area (Å²) < 4.78 is 7.25. The standard InChI is InChI=1S/C16H18N6O4S/c1-2-3-27-15-9-8-12(17)18-5-19-13(8)22(14(9)20-6-21-15)16-11(25)10(24)7(4-23)26-16/h2,5-7,10-11,16,23-25H,1,3-4H2,(H2,17,18,19)/t7-,10-,11-,16-/m1/s1. The lowest BCUT2D eigenvalue weighted by Crippen LogP contribution is -2.33. The number of nitrogens with zero attached hydrogens (tertiary/aromatic N) is 5. The molecular weight excluding hydrogens is 372 g/mol. The van der Waals surface area contributed by atoms with Crippen LogP contribution in [-0.2, 0) is 4.74 Å². The number of rotatable bonds is 5. The maximum atomic E-state index is 10.5.